The van der Waals surface area contributed by atoms with Gasteiger partial charge in [0, 0.05) is 22.2 Å². The minimum Gasteiger partial charge on any atom is -0.387 e. The number of amides is 1. The van der Waals surface area contributed by atoms with Crippen molar-refractivity contribution in [1.29, 1.82) is 0 Å². The van der Waals surface area contributed by atoms with Crippen molar-refractivity contribution in [2.24, 2.45) is 11.7 Å². The first-order valence-corrected chi connectivity index (χ1v) is 7.28. The van der Waals surface area contributed by atoms with Gasteiger partial charge in [-0.1, -0.05) is 49.5 Å². The second-order valence-electron chi connectivity index (χ2n) is 4.86. The summed E-state index contributed by atoms with van der Waals surface area (Å²) in [6.45, 7) is 4.11. The molecule has 0 bridgehead atoms. The molecule has 4 nitrogen and oxygen atoms in total. The van der Waals surface area contributed by atoms with Crippen molar-refractivity contribution in [2.45, 2.75) is 32.4 Å². The lowest BCUT2D eigenvalue weighted by molar-refractivity contribution is -0.121. The molecule has 0 saturated carbocycles. The minimum atomic E-state index is -0.828. The van der Waals surface area contributed by atoms with E-state index in [1.807, 2.05) is 13.8 Å². The van der Waals surface area contributed by atoms with Gasteiger partial charge in [0.1, 0.15) is 0 Å². The zero-order valence-corrected chi connectivity index (χ0v) is 13.1. The number of hydrogen-bond donors (Lipinski definition) is 3. The fourth-order valence-corrected chi connectivity index (χ4v) is 2.47. The summed E-state index contributed by atoms with van der Waals surface area (Å²) in [5, 5.41) is 14.0. The quantitative estimate of drug-likeness (QED) is 0.723. The first-order valence-electron chi connectivity index (χ1n) is 6.52. The maximum absolute atomic E-state index is 11.4. The Balaban J connectivity index is 2.70. The Morgan fingerprint density at radius 2 is 2.10 bits per heavy atom. The van der Waals surface area contributed by atoms with Crippen molar-refractivity contribution >= 4 is 29.1 Å². The number of primary amides is 1. The summed E-state index contributed by atoms with van der Waals surface area (Å²) >= 11 is 11.8. The molecule has 0 spiro atoms. The van der Waals surface area contributed by atoms with Crippen molar-refractivity contribution in [3.63, 3.8) is 0 Å². The summed E-state index contributed by atoms with van der Waals surface area (Å²) in [4.78, 5) is 11.4. The highest BCUT2D eigenvalue weighted by molar-refractivity contribution is 6.35. The number of aliphatic hydroxyl groups is 1. The molecule has 0 heterocycles. The molecule has 1 amide bonds. The van der Waals surface area contributed by atoms with Crippen molar-refractivity contribution in [3.05, 3.63) is 33.8 Å². The van der Waals surface area contributed by atoms with E-state index < -0.39 is 18.1 Å². The molecule has 1 rings (SSSR count). The third-order valence-electron chi connectivity index (χ3n) is 3.37. The molecule has 0 aromatic heterocycles. The summed E-state index contributed by atoms with van der Waals surface area (Å²) in [6.07, 6.45) is -0.0102. The molecule has 1 aromatic rings. The smallest absolute Gasteiger partial charge is 0.234 e. The fourth-order valence-electron chi connectivity index (χ4n) is 1.94. The van der Waals surface area contributed by atoms with Crippen LogP contribution in [0.25, 0.3) is 0 Å². The van der Waals surface area contributed by atoms with Gasteiger partial charge in [-0.25, -0.2) is 0 Å². The van der Waals surface area contributed by atoms with E-state index in [2.05, 4.69) is 5.32 Å². The van der Waals surface area contributed by atoms with E-state index in [1.54, 1.807) is 18.2 Å². The number of rotatable bonds is 7. The molecule has 0 aliphatic carbocycles. The Morgan fingerprint density at radius 1 is 1.45 bits per heavy atom. The van der Waals surface area contributed by atoms with Crippen LogP contribution >= 0.6 is 23.2 Å². The molecule has 1 aromatic carbocycles. The van der Waals surface area contributed by atoms with Crippen LogP contribution in [-0.2, 0) is 4.79 Å². The normalized spacial score (nSPS) is 15.7. The van der Waals surface area contributed by atoms with E-state index >= 15 is 0 Å². The van der Waals surface area contributed by atoms with Crippen LogP contribution in [0.5, 0.6) is 0 Å². The molecule has 3 atom stereocenters. The van der Waals surface area contributed by atoms with Crippen LogP contribution in [0.3, 0.4) is 0 Å². The molecule has 112 valence electrons. The molecule has 20 heavy (non-hydrogen) atoms. The van der Waals surface area contributed by atoms with Gasteiger partial charge in [-0.3, -0.25) is 4.79 Å². The number of carbonyl (C=O) groups is 1. The number of nitrogens with two attached hydrogens (primary N) is 1. The molecule has 0 fully saturated rings. The van der Waals surface area contributed by atoms with E-state index in [4.69, 9.17) is 28.9 Å². The van der Waals surface area contributed by atoms with Crippen LogP contribution < -0.4 is 11.1 Å². The molecule has 0 aliphatic rings. The number of nitrogens with one attached hydrogen (secondary N) is 1. The highest BCUT2D eigenvalue weighted by Crippen LogP contribution is 2.26. The Hall–Kier alpha value is -0.810. The lowest BCUT2D eigenvalue weighted by atomic mass is 9.98. The van der Waals surface area contributed by atoms with Crippen molar-refractivity contribution in [1.82, 2.24) is 5.32 Å². The minimum absolute atomic E-state index is 0.0976. The number of carbonyl (C=O) groups excluding carboxylic acids is 1. The second-order valence-corrected chi connectivity index (χ2v) is 5.70. The topological polar surface area (TPSA) is 75.3 Å². The SMILES string of the molecule is CCC(C)C(NCC(O)c1ccc(Cl)cc1Cl)C(N)=O. The molecule has 3 unspecified atom stereocenters. The molecular formula is C14H20Cl2N2O2. The summed E-state index contributed by atoms with van der Waals surface area (Å²) in [7, 11) is 0. The summed E-state index contributed by atoms with van der Waals surface area (Å²) in [5.41, 5.74) is 5.93. The van der Waals surface area contributed by atoms with Crippen LogP contribution in [0, 0.1) is 5.92 Å². The standard InChI is InChI=1S/C14H20Cl2N2O2/c1-3-8(2)13(14(17)20)18-7-12(19)10-5-4-9(15)6-11(10)16/h4-6,8,12-13,18-19H,3,7H2,1-2H3,(H2,17,20). The van der Waals surface area contributed by atoms with E-state index in [1.165, 1.54) is 0 Å². The summed E-state index contributed by atoms with van der Waals surface area (Å²) in [6, 6.07) is 4.42. The van der Waals surface area contributed by atoms with E-state index in [0.29, 0.717) is 15.6 Å². The highest BCUT2D eigenvalue weighted by atomic mass is 35.5. The van der Waals surface area contributed by atoms with Crippen LogP contribution in [0.15, 0.2) is 18.2 Å². The lowest BCUT2D eigenvalue weighted by Gasteiger charge is -2.23. The molecular weight excluding hydrogens is 299 g/mol. The number of aliphatic hydroxyl groups excluding tert-OH is 1. The average molecular weight is 319 g/mol. The molecule has 0 aliphatic heterocycles. The monoisotopic (exact) mass is 318 g/mol. The Kier molecular flexibility index (Phi) is 6.76. The van der Waals surface area contributed by atoms with Gasteiger partial charge in [-0.2, -0.15) is 0 Å². The fraction of sp³-hybridized carbons (Fsp3) is 0.500. The van der Waals surface area contributed by atoms with Crippen LogP contribution in [0.2, 0.25) is 10.0 Å². The predicted octanol–water partition coefficient (Wildman–Crippen LogP) is 2.52. The van der Waals surface area contributed by atoms with Gasteiger partial charge in [-0.15, -0.1) is 0 Å². The van der Waals surface area contributed by atoms with E-state index in [-0.39, 0.29) is 12.5 Å². The van der Waals surface area contributed by atoms with Gasteiger partial charge >= 0.3 is 0 Å². The molecule has 0 saturated heterocycles. The molecule has 6 heteroatoms. The predicted molar refractivity (Wildman–Crippen MR) is 81.9 cm³/mol. The van der Waals surface area contributed by atoms with Gasteiger partial charge < -0.3 is 16.2 Å². The van der Waals surface area contributed by atoms with Crippen LogP contribution in [-0.4, -0.2) is 23.6 Å². The van der Waals surface area contributed by atoms with Gasteiger partial charge in [0.2, 0.25) is 5.91 Å². The van der Waals surface area contributed by atoms with Crippen molar-refractivity contribution in [2.75, 3.05) is 6.54 Å². The van der Waals surface area contributed by atoms with E-state index in [0.717, 1.165) is 6.42 Å². The first-order chi connectivity index (χ1) is 9.36. The molecule has 0 radical (unpaired) electrons. The Morgan fingerprint density at radius 3 is 2.60 bits per heavy atom. The lowest BCUT2D eigenvalue weighted by Crippen LogP contribution is -2.47. The highest BCUT2D eigenvalue weighted by Gasteiger charge is 2.22. The van der Waals surface area contributed by atoms with Crippen LogP contribution in [0.1, 0.15) is 31.9 Å². The third-order valence-corrected chi connectivity index (χ3v) is 3.93. The largest absolute Gasteiger partial charge is 0.387 e. The first kappa shape index (κ1) is 17.2. The Labute approximate surface area is 129 Å². The summed E-state index contributed by atoms with van der Waals surface area (Å²) in [5.74, 6) is -0.325. The van der Waals surface area contributed by atoms with Crippen molar-refractivity contribution < 1.29 is 9.90 Å². The Bertz CT molecular complexity index is 468. The van der Waals surface area contributed by atoms with Gasteiger partial charge in [-0.05, 0) is 18.1 Å². The number of halogens is 2. The maximum atomic E-state index is 11.4. The van der Waals surface area contributed by atoms with Gasteiger partial charge in [0.05, 0.1) is 12.1 Å². The zero-order chi connectivity index (χ0) is 15.3. The van der Waals surface area contributed by atoms with Gasteiger partial charge in [0.25, 0.3) is 0 Å². The summed E-state index contributed by atoms with van der Waals surface area (Å²) < 4.78 is 0. The second kappa shape index (κ2) is 7.84. The van der Waals surface area contributed by atoms with Crippen molar-refractivity contribution in [3.8, 4) is 0 Å². The van der Waals surface area contributed by atoms with Crippen LogP contribution in [0.4, 0.5) is 0 Å². The number of hydrogen-bond acceptors (Lipinski definition) is 3. The number of benzene rings is 1. The van der Waals surface area contributed by atoms with Gasteiger partial charge in [0.15, 0.2) is 0 Å². The average Bonchev–Trinajstić information content (AvgIpc) is 2.37. The van der Waals surface area contributed by atoms with E-state index in [9.17, 15) is 9.90 Å². The maximum Gasteiger partial charge on any atom is 0.234 e. The third kappa shape index (κ3) is 4.63. The molecule has 4 N–H and O–H groups in total. The zero-order valence-electron chi connectivity index (χ0n) is 11.6.